The minimum atomic E-state index is -0.238. The van der Waals surface area contributed by atoms with E-state index in [1.807, 2.05) is 29.7 Å². The third-order valence-electron chi connectivity index (χ3n) is 6.15. The van der Waals surface area contributed by atoms with Crippen molar-refractivity contribution in [2.24, 2.45) is 11.7 Å². The zero-order chi connectivity index (χ0) is 21.5. The van der Waals surface area contributed by atoms with Crippen molar-refractivity contribution in [3.05, 3.63) is 42.0 Å². The van der Waals surface area contributed by atoms with E-state index in [1.54, 1.807) is 6.33 Å². The van der Waals surface area contributed by atoms with Gasteiger partial charge >= 0.3 is 0 Å². The largest absolute Gasteiger partial charge is 0.369 e. The number of carbonyl (C=O) groups excluding carboxylic acids is 2. The molecule has 3 N–H and O–H groups in total. The van der Waals surface area contributed by atoms with E-state index in [0.29, 0.717) is 48.7 Å². The lowest BCUT2D eigenvalue weighted by Crippen LogP contribution is -2.39. The molecule has 1 saturated carbocycles. The highest BCUT2D eigenvalue weighted by molar-refractivity contribution is 5.95. The van der Waals surface area contributed by atoms with Gasteiger partial charge in [0, 0.05) is 30.6 Å². The Bertz CT molecular complexity index is 1160. The molecule has 0 bridgehead atoms. The Labute approximate surface area is 179 Å². The van der Waals surface area contributed by atoms with Crippen LogP contribution in [0.25, 0.3) is 16.9 Å². The van der Waals surface area contributed by atoms with Gasteiger partial charge in [-0.05, 0) is 50.3 Å². The number of fused-ring (bicyclic) bond motifs is 1. The predicted octanol–water partition coefficient (Wildman–Crippen LogP) is 1.72. The van der Waals surface area contributed by atoms with Crippen LogP contribution in [0.1, 0.15) is 41.6 Å². The normalized spacial score (nSPS) is 17.1. The van der Waals surface area contributed by atoms with E-state index in [9.17, 15) is 9.59 Å². The summed E-state index contributed by atoms with van der Waals surface area (Å²) in [5, 5.41) is 3.03. The van der Waals surface area contributed by atoms with Crippen LogP contribution in [0.4, 0.5) is 5.82 Å². The second-order valence-electron chi connectivity index (χ2n) is 8.40. The van der Waals surface area contributed by atoms with E-state index in [1.165, 1.54) is 6.33 Å². The molecule has 1 saturated heterocycles. The summed E-state index contributed by atoms with van der Waals surface area (Å²) in [5.74, 6) is 0.379. The van der Waals surface area contributed by atoms with Crippen molar-refractivity contribution in [2.45, 2.75) is 38.6 Å². The monoisotopic (exact) mass is 419 g/mol. The average Bonchev–Trinajstić information content (AvgIpc) is 3.49. The first kappa shape index (κ1) is 19.5. The molecule has 9 heteroatoms. The van der Waals surface area contributed by atoms with E-state index in [0.717, 1.165) is 29.9 Å². The van der Waals surface area contributed by atoms with Crippen molar-refractivity contribution in [2.75, 3.05) is 18.0 Å². The zero-order valence-electron chi connectivity index (χ0n) is 17.4. The summed E-state index contributed by atoms with van der Waals surface area (Å²) in [6, 6.07) is 5.98. The summed E-state index contributed by atoms with van der Waals surface area (Å²) in [6.45, 7) is 3.39. The maximum Gasteiger partial charge on any atom is 0.251 e. The van der Waals surface area contributed by atoms with E-state index in [2.05, 4.69) is 25.2 Å². The van der Waals surface area contributed by atoms with E-state index in [-0.39, 0.29) is 17.7 Å². The van der Waals surface area contributed by atoms with Gasteiger partial charge in [-0.2, -0.15) is 0 Å². The van der Waals surface area contributed by atoms with Crippen molar-refractivity contribution in [3.8, 4) is 5.69 Å². The summed E-state index contributed by atoms with van der Waals surface area (Å²) in [6.07, 6.45) is 6.77. The number of nitrogens with zero attached hydrogens (tertiary/aromatic N) is 5. The second-order valence-corrected chi connectivity index (χ2v) is 8.40. The van der Waals surface area contributed by atoms with Crippen LogP contribution in [0.5, 0.6) is 0 Å². The van der Waals surface area contributed by atoms with Gasteiger partial charge in [0.1, 0.15) is 12.7 Å². The van der Waals surface area contributed by atoms with Gasteiger partial charge in [-0.1, -0.05) is 6.07 Å². The fourth-order valence-electron chi connectivity index (χ4n) is 4.11. The molecule has 0 radical (unpaired) electrons. The quantitative estimate of drug-likeness (QED) is 0.650. The Morgan fingerprint density at radius 3 is 2.58 bits per heavy atom. The lowest BCUT2D eigenvalue weighted by Gasteiger charge is -2.31. The molecule has 2 fully saturated rings. The van der Waals surface area contributed by atoms with Gasteiger partial charge in [0.2, 0.25) is 5.91 Å². The highest BCUT2D eigenvalue weighted by Crippen LogP contribution is 2.29. The number of rotatable bonds is 5. The molecule has 160 valence electrons. The van der Waals surface area contributed by atoms with Gasteiger partial charge in [-0.25, -0.2) is 15.0 Å². The third-order valence-corrected chi connectivity index (χ3v) is 6.15. The number of anilines is 1. The molecule has 1 aliphatic carbocycles. The van der Waals surface area contributed by atoms with Crippen LogP contribution in [0.2, 0.25) is 0 Å². The molecular weight excluding hydrogens is 394 g/mol. The van der Waals surface area contributed by atoms with Crippen molar-refractivity contribution < 1.29 is 9.59 Å². The van der Waals surface area contributed by atoms with Crippen molar-refractivity contribution in [3.63, 3.8) is 0 Å². The number of primary amides is 1. The van der Waals surface area contributed by atoms with Crippen molar-refractivity contribution in [1.29, 1.82) is 0 Å². The molecule has 9 nitrogen and oxygen atoms in total. The van der Waals surface area contributed by atoms with Crippen LogP contribution in [-0.2, 0) is 4.79 Å². The second kappa shape index (κ2) is 7.64. The summed E-state index contributed by atoms with van der Waals surface area (Å²) in [5.41, 5.74) is 9.35. The van der Waals surface area contributed by atoms with Crippen LogP contribution < -0.4 is 16.0 Å². The highest BCUT2D eigenvalue weighted by Gasteiger charge is 2.27. The molecule has 0 spiro atoms. The molecule has 3 heterocycles. The first-order valence-electron chi connectivity index (χ1n) is 10.7. The van der Waals surface area contributed by atoms with Gasteiger partial charge < -0.3 is 16.0 Å². The Balaban J connectivity index is 1.47. The minimum absolute atomic E-state index is 0.0548. The molecule has 2 amide bonds. The van der Waals surface area contributed by atoms with E-state index < -0.39 is 0 Å². The Morgan fingerprint density at radius 2 is 1.87 bits per heavy atom. The SMILES string of the molecule is Cc1ccc(C(=O)NC2CC2)cc1-n1cnc2c(N3CCC(C(N)=O)CC3)ncnc21. The first-order valence-corrected chi connectivity index (χ1v) is 10.7. The summed E-state index contributed by atoms with van der Waals surface area (Å²) >= 11 is 0. The number of aryl methyl sites for hydroxylation is 1. The lowest BCUT2D eigenvalue weighted by molar-refractivity contribution is -0.122. The number of hydrogen-bond donors (Lipinski definition) is 2. The number of aromatic nitrogens is 4. The van der Waals surface area contributed by atoms with Crippen molar-refractivity contribution >= 4 is 28.8 Å². The molecule has 0 unspecified atom stereocenters. The molecule has 2 aromatic heterocycles. The zero-order valence-corrected chi connectivity index (χ0v) is 17.4. The van der Waals surface area contributed by atoms with Gasteiger partial charge in [0.15, 0.2) is 17.0 Å². The fourth-order valence-corrected chi connectivity index (χ4v) is 4.11. The highest BCUT2D eigenvalue weighted by atomic mass is 16.2. The van der Waals surface area contributed by atoms with Crippen LogP contribution in [0.15, 0.2) is 30.9 Å². The smallest absolute Gasteiger partial charge is 0.251 e. The molecule has 2 aliphatic rings. The topological polar surface area (TPSA) is 119 Å². The number of piperidine rings is 1. The number of carbonyl (C=O) groups is 2. The molecule has 31 heavy (non-hydrogen) atoms. The Kier molecular flexibility index (Phi) is 4.80. The van der Waals surface area contributed by atoms with Gasteiger partial charge in [-0.15, -0.1) is 0 Å². The summed E-state index contributed by atoms with van der Waals surface area (Å²) < 4.78 is 1.90. The average molecular weight is 419 g/mol. The molecule has 3 aromatic rings. The molecule has 0 atom stereocenters. The van der Waals surface area contributed by atoms with Gasteiger partial charge in [-0.3, -0.25) is 14.2 Å². The maximum absolute atomic E-state index is 12.5. The fraction of sp³-hybridized carbons (Fsp3) is 0.409. The number of nitrogens with two attached hydrogens (primary N) is 1. The van der Waals surface area contributed by atoms with Crippen LogP contribution in [0.3, 0.4) is 0 Å². The minimum Gasteiger partial charge on any atom is -0.369 e. The molecule has 5 rings (SSSR count). The van der Waals surface area contributed by atoms with E-state index in [4.69, 9.17) is 5.73 Å². The Hall–Kier alpha value is -3.49. The number of hydrogen-bond acceptors (Lipinski definition) is 6. The number of nitrogens with one attached hydrogen (secondary N) is 1. The van der Waals surface area contributed by atoms with Gasteiger partial charge in [0.25, 0.3) is 5.91 Å². The third kappa shape index (κ3) is 3.71. The van der Waals surface area contributed by atoms with Crippen LogP contribution in [0, 0.1) is 12.8 Å². The number of benzene rings is 1. The molecule has 1 aromatic carbocycles. The molecule has 1 aliphatic heterocycles. The van der Waals surface area contributed by atoms with Crippen molar-refractivity contribution in [1.82, 2.24) is 24.8 Å². The lowest BCUT2D eigenvalue weighted by atomic mass is 9.96. The Morgan fingerprint density at radius 1 is 1.10 bits per heavy atom. The first-order chi connectivity index (χ1) is 15.0. The van der Waals surface area contributed by atoms with Crippen LogP contribution in [-0.4, -0.2) is 50.5 Å². The van der Waals surface area contributed by atoms with Crippen LogP contribution >= 0.6 is 0 Å². The molecular formula is C22H25N7O2. The predicted molar refractivity (Wildman–Crippen MR) is 116 cm³/mol. The standard InChI is InChI=1S/C22H25N7O2/c1-13-2-3-15(22(31)27-16-4-5-16)10-17(13)29-12-26-18-20(24-11-25-21(18)29)28-8-6-14(7-9-28)19(23)30/h2-3,10-12,14,16H,4-9H2,1H3,(H2,23,30)(H,27,31). The number of amides is 2. The summed E-state index contributed by atoms with van der Waals surface area (Å²) in [7, 11) is 0. The number of imidazole rings is 1. The maximum atomic E-state index is 12.5. The van der Waals surface area contributed by atoms with Gasteiger partial charge in [0.05, 0.1) is 5.69 Å². The summed E-state index contributed by atoms with van der Waals surface area (Å²) in [4.78, 5) is 39.7. The van der Waals surface area contributed by atoms with E-state index >= 15 is 0 Å².